The van der Waals surface area contributed by atoms with Crippen LogP contribution in [0.5, 0.6) is 5.75 Å². The third kappa shape index (κ3) is 5.45. The van der Waals surface area contributed by atoms with Gasteiger partial charge in [-0.25, -0.2) is 4.98 Å². The standard InChI is InChI=1S/C24H25ClN2O3S/c1-17-27-21(15-31-17)14-30-22-7-5-18(6-8-22)23(28)26-16-24(9-11-29-12-10-24)19-3-2-4-20(25)13-19/h2-8,13,15H,9-12,14,16H2,1H3,(H,26,28). The molecule has 162 valence electrons. The number of carbonyl (C=O) groups is 1. The van der Waals surface area contributed by atoms with E-state index < -0.39 is 0 Å². The molecule has 2 heterocycles. The molecule has 5 nitrogen and oxygen atoms in total. The van der Waals surface area contributed by atoms with Crippen molar-refractivity contribution in [1.82, 2.24) is 10.3 Å². The van der Waals surface area contributed by atoms with Crippen LogP contribution in [0.1, 0.15) is 39.5 Å². The van der Waals surface area contributed by atoms with Crippen LogP contribution in [0.25, 0.3) is 0 Å². The van der Waals surface area contributed by atoms with Gasteiger partial charge < -0.3 is 14.8 Å². The van der Waals surface area contributed by atoms with Gasteiger partial charge in [0.1, 0.15) is 12.4 Å². The van der Waals surface area contributed by atoms with E-state index in [0.717, 1.165) is 29.1 Å². The van der Waals surface area contributed by atoms with E-state index in [4.69, 9.17) is 21.1 Å². The summed E-state index contributed by atoms with van der Waals surface area (Å²) < 4.78 is 11.3. The molecule has 0 radical (unpaired) electrons. The average molecular weight is 457 g/mol. The maximum Gasteiger partial charge on any atom is 0.251 e. The van der Waals surface area contributed by atoms with Crippen LogP contribution in [-0.4, -0.2) is 30.6 Å². The number of halogens is 1. The van der Waals surface area contributed by atoms with Crippen LogP contribution in [0.2, 0.25) is 5.02 Å². The zero-order valence-corrected chi connectivity index (χ0v) is 19.0. The van der Waals surface area contributed by atoms with Gasteiger partial charge >= 0.3 is 0 Å². The molecule has 1 amide bonds. The zero-order chi connectivity index (χ0) is 21.7. The number of thiazole rings is 1. The highest BCUT2D eigenvalue weighted by Gasteiger charge is 2.35. The van der Waals surface area contributed by atoms with E-state index in [1.807, 2.05) is 42.6 Å². The van der Waals surface area contributed by atoms with Crippen molar-refractivity contribution < 1.29 is 14.3 Å². The Morgan fingerprint density at radius 2 is 2.00 bits per heavy atom. The van der Waals surface area contributed by atoms with E-state index in [9.17, 15) is 4.79 Å². The van der Waals surface area contributed by atoms with E-state index in [1.165, 1.54) is 0 Å². The van der Waals surface area contributed by atoms with Crippen LogP contribution >= 0.6 is 22.9 Å². The first-order valence-corrected chi connectivity index (χ1v) is 11.6. The lowest BCUT2D eigenvalue weighted by Gasteiger charge is -2.38. The summed E-state index contributed by atoms with van der Waals surface area (Å²) >= 11 is 7.83. The molecule has 1 aromatic heterocycles. The average Bonchev–Trinajstić information content (AvgIpc) is 3.22. The third-order valence-corrected chi connectivity index (χ3v) is 6.70. The number of nitrogens with one attached hydrogen (secondary N) is 1. The molecule has 2 aromatic carbocycles. The fraction of sp³-hybridized carbons (Fsp3) is 0.333. The van der Waals surface area contributed by atoms with Crippen LogP contribution in [0.4, 0.5) is 0 Å². The van der Waals surface area contributed by atoms with Gasteiger partial charge in [-0.3, -0.25) is 4.79 Å². The molecule has 0 unspecified atom stereocenters. The highest BCUT2D eigenvalue weighted by atomic mass is 35.5. The molecule has 0 atom stereocenters. The first-order chi connectivity index (χ1) is 15.0. The van der Waals surface area contributed by atoms with Crippen molar-refractivity contribution in [3.63, 3.8) is 0 Å². The second-order valence-electron chi connectivity index (χ2n) is 7.76. The minimum atomic E-state index is -0.173. The van der Waals surface area contributed by atoms with Gasteiger partial charge in [0.15, 0.2) is 0 Å². The predicted octanol–water partition coefficient (Wildman–Crippen LogP) is 5.16. The minimum Gasteiger partial charge on any atom is -0.487 e. The molecule has 1 fully saturated rings. The monoisotopic (exact) mass is 456 g/mol. The Bertz CT molecular complexity index is 1030. The van der Waals surface area contributed by atoms with Gasteiger partial charge in [0.2, 0.25) is 0 Å². The summed E-state index contributed by atoms with van der Waals surface area (Å²) in [6.07, 6.45) is 1.69. The van der Waals surface area contributed by atoms with Gasteiger partial charge in [-0.2, -0.15) is 0 Å². The summed E-state index contributed by atoms with van der Waals surface area (Å²) in [5, 5.41) is 6.84. The second-order valence-corrected chi connectivity index (χ2v) is 9.26. The summed E-state index contributed by atoms with van der Waals surface area (Å²) in [4.78, 5) is 17.2. The molecule has 3 aromatic rings. The first kappa shape index (κ1) is 21.8. The topological polar surface area (TPSA) is 60.5 Å². The van der Waals surface area contributed by atoms with E-state index in [0.29, 0.717) is 42.7 Å². The highest BCUT2D eigenvalue weighted by Crippen LogP contribution is 2.35. The Balaban J connectivity index is 1.38. The second kappa shape index (κ2) is 9.81. The summed E-state index contributed by atoms with van der Waals surface area (Å²) in [5.41, 5.74) is 2.48. The number of hydrogen-bond donors (Lipinski definition) is 1. The van der Waals surface area contributed by atoms with Crippen molar-refractivity contribution >= 4 is 28.8 Å². The summed E-state index contributed by atoms with van der Waals surface area (Å²) in [7, 11) is 0. The molecule has 31 heavy (non-hydrogen) atoms. The largest absolute Gasteiger partial charge is 0.487 e. The summed E-state index contributed by atoms with van der Waals surface area (Å²) in [6.45, 7) is 4.27. The SMILES string of the molecule is Cc1nc(COc2ccc(C(=O)NCC3(c4cccc(Cl)c4)CCOCC3)cc2)cs1. The smallest absolute Gasteiger partial charge is 0.251 e. The van der Waals surface area contributed by atoms with Gasteiger partial charge in [0, 0.05) is 41.1 Å². The molecule has 1 aliphatic rings. The number of aromatic nitrogens is 1. The maximum absolute atomic E-state index is 12.8. The van der Waals surface area contributed by atoms with Crippen LogP contribution in [0.15, 0.2) is 53.9 Å². The number of ether oxygens (including phenoxy) is 2. The fourth-order valence-electron chi connectivity index (χ4n) is 3.83. The minimum absolute atomic E-state index is 0.102. The number of aryl methyl sites for hydroxylation is 1. The lowest BCUT2D eigenvalue weighted by Crippen LogP contribution is -2.44. The lowest BCUT2D eigenvalue weighted by atomic mass is 9.74. The van der Waals surface area contributed by atoms with E-state index in [-0.39, 0.29) is 11.3 Å². The number of carbonyl (C=O) groups excluding carboxylic acids is 1. The number of hydrogen-bond acceptors (Lipinski definition) is 5. The number of benzene rings is 2. The number of rotatable bonds is 7. The van der Waals surface area contributed by atoms with E-state index in [1.54, 1.807) is 23.5 Å². The number of amides is 1. The normalized spacial score (nSPS) is 15.4. The van der Waals surface area contributed by atoms with E-state index in [2.05, 4.69) is 16.4 Å². The Kier molecular flexibility index (Phi) is 6.90. The Morgan fingerprint density at radius 1 is 1.23 bits per heavy atom. The lowest BCUT2D eigenvalue weighted by molar-refractivity contribution is 0.0487. The Morgan fingerprint density at radius 3 is 2.68 bits per heavy atom. The maximum atomic E-state index is 12.8. The molecule has 1 N–H and O–H groups in total. The van der Waals surface area contributed by atoms with Gasteiger partial charge in [0.25, 0.3) is 5.91 Å². The Labute approximate surface area is 191 Å². The van der Waals surface area contributed by atoms with Crippen LogP contribution in [0.3, 0.4) is 0 Å². The van der Waals surface area contributed by atoms with Crippen LogP contribution in [0, 0.1) is 6.92 Å². The van der Waals surface area contributed by atoms with Crippen molar-refractivity contribution in [2.75, 3.05) is 19.8 Å². The molecule has 1 saturated heterocycles. The molecule has 7 heteroatoms. The van der Waals surface area contributed by atoms with Crippen molar-refractivity contribution in [3.8, 4) is 5.75 Å². The molecule has 1 aliphatic heterocycles. The summed E-state index contributed by atoms with van der Waals surface area (Å²) in [6, 6.07) is 15.1. The molecular weight excluding hydrogens is 432 g/mol. The van der Waals surface area contributed by atoms with Gasteiger partial charge in [0.05, 0.1) is 10.7 Å². The molecule has 4 rings (SSSR count). The van der Waals surface area contributed by atoms with Crippen molar-refractivity contribution in [2.24, 2.45) is 0 Å². The highest BCUT2D eigenvalue weighted by molar-refractivity contribution is 7.09. The van der Waals surface area contributed by atoms with Crippen molar-refractivity contribution in [2.45, 2.75) is 31.8 Å². The van der Waals surface area contributed by atoms with Crippen molar-refractivity contribution in [1.29, 1.82) is 0 Å². The van der Waals surface area contributed by atoms with Gasteiger partial charge in [-0.1, -0.05) is 23.7 Å². The zero-order valence-electron chi connectivity index (χ0n) is 17.4. The van der Waals surface area contributed by atoms with E-state index >= 15 is 0 Å². The fourth-order valence-corrected chi connectivity index (χ4v) is 4.62. The molecule has 0 spiro atoms. The van der Waals surface area contributed by atoms with Crippen molar-refractivity contribution in [3.05, 3.63) is 80.8 Å². The van der Waals surface area contributed by atoms with Crippen LogP contribution < -0.4 is 10.1 Å². The van der Waals surface area contributed by atoms with Crippen LogP contribution in [-0.2, 0) is 16.8 Å². The predicted molar refractivity (Wildman–Crippen MR) is 123 cm³/mol. The molecule has 0 saturated carbocycles. The number of nitrogens with zero attached hydrogens (tertiary/aromatic N) is 1. The first-order valence-electron chi connectivity index (χ1n) is 10.3. The molecule has 0 aliphatic carbocycles. The third-order valence-electron chi connectivity index (χ3n) is 5.64. The van der Waals surface area contributed by atoms with Gasteiger partial charge in [-0.05, 0) is 61.7 Å². The quantitative estimate of drug-likeness (QED) is 0.533. The van der Waals surface area contributed by atoms with Gasteiger partial charge in [-0.15, -0.1) is 11.3 Å². The molecule has 0 bridgehead atoms. The molecular formula is C24H25ClN2O3S. The Hall–Kier alpha value is -2.41. The summed E-state index contributed by atoms with van der Waals surface area (Å²) in [5.74, 6) is 0.608.